The maximum Gasteiger partial charge on any atom is 0.311 e. The predicted molar refractivity (Wildman–Crippen MR) is 152 cm³/mol. The molecule has 0 unspecified atom stereocenters. The van der Waals surface area contributed by atoms with E-state index >= 15 is 0 Å². The van der Waals surface area contributed by atoms with Crippen LogP contribution in [0.1, 0.15) is 18.1 Å². The van der Waals surface area contributed by atoms with Crippen molar-refractivity contribution in [2.75, 3.05) is 6.61 Å². The van der Waals surface area contributed by atoms with Crippen molar-refractivity contribution in [3.8, 4) is 22.7 Å². The Morgan fingerprint density at radius 1 is 1.13 bits per heavy atom. The standard InChI is InChI=1S/C28H21FN4O4S2/c1-2-37-24-13-10-19(14-23(24)33(35)36)26-20(17-32(30-26)22-6-4-3-5-7-22)15-25-27(34)31(28(38)39-25)16-18-8-11-21(29)12-9-18/h3-15,17H,2,16H2,1H3. The van der Waals surface area contributed by atoms with Crippen molar-refractivity contribution in [3.05, 3.63) is 111 Å². The first-order valence-electron chi connectivity index (χ1n) is 11.9. The largest absolute Gasteiger partial charge is 0.487 e. The van der Waals surface area contributed by atoms with Crippen molar-refractivity contribution < 1.29 is 18.8 Å². The first-order valence-corrected chi connectivity index (χ1v) is 13.1. The molecule has 3 aromatic carbocycles. The summed E-state index contributed by atoms with van der Waals surface area (Å²) < 4.78 is 20.8. The second kappa shape index (κ2) is 11.2. The number of halogens is 1. The molecule has 1 aliphatic heterocycles. The van der Waals surface area contributed by atoms with E-state index in [1.54, 1.807) is 48.1 Å². The summed E-state index contributed by atoms with van der Waals surface area (Å²) in [5, 5.41) is 16.5. The van der Waals surface area contributed by atoms with Crippen LogP contribution in [0.5, 0.6) is 5.75 Å². The van der Waals surface area contributed by atoms with Gasteiger partial charge in [0.25, 0.3) is 5.91 Å². The van der Waals surface area contributed by atoms with E-state index in [9.17, 15) is 19.3 Å². The molecule has 5 rings (SSSR count). The van der Waals surface area contributed by atoms with E-state index in [0.717, 1.165) is 23.0 Å². The molecular formula is C28H21FN4O4S2. The van der Waals surface area contributed by atoms with Gasteiger partial charge in [0.05, 0.1) is 28.7 Å². The first-order chi connectivity index (χ1) is 18.8. The normalized spacial score (nSPS) is 14.3. The van der Waals surface area contributed by atoms with Gasteiger partial charge in [0.2, 0.25) is 0 Å². The second-order valence-corrected chi connectivity index (χ2v) is 10.2. The Kier molecular flexibility index (Phi) is 7.53. The van der Waals surface area contributed by atoms with Crippen LogP contribution in [-0.2, 0) is 11.3 Å². The van der Waals surface area contributed by atoms with Crippen LogP contribution in [-0.4, -0.2) is 36.4 Å². The maximum atomic E-state index is 13.3. The molecule has 39 heavy (non-hydrogen) atoms. The third kappa shape index (κ3) is 5.59. The molecule has 1 amide bonds. The van der Waals surface area contributed by atoms with Crippen molar-refractivity contribution in [1.82, 2.24) is 14.7 Å². The van der Waals surface area contributed by atoms with Gasteiger partial charge in [-0.25, -0.2) is 9.07 Å². The van der Waals surface area contributed by atoms with Crippen LogP contribution >= 0.6 is 24.0 Å². The van der Waals surface area contributed by atoms with Gasteiger partial charge >= 0.3 is 5.69 Å². The van der Waals surface area contributed by atoms with Gasteiger partial charge in [-0.1, -0.05) is 54.3 Å². The molecule has 0 spiro atoms. The Balaban J connectivity index is 1.55. The number of ether oxygens (including phenoxy) is 1. The number of nitrogens with zero attached hydrogens (tertiary/aromatic N) is 4. The fraction of sp³-hybridized carbons (Fsp3) is 0.107. The molecule has 0 bridgehead atoms. The number of nitro groups is 1. The highest BCUT2D eigenvalue weighted by atomic mass is 32.2. The molecule has 0 radical (unpaired) electrons. The van der Waals surface area contributed by atoms with Gasteiger partial charge in [-0.15, -0.1) is 0 Å². The number of benzene rings is 3. The summed E-state index contributed by atoms with van der Waals surface area (Å²) in [5.41, 5.74) is 2.87. The zero-order chi connectivity index (χ0) is 27.5. The molecule has 0 N–H and O–H groups in total. The second-order valence-electron chi connectivity index (χ2n) is 8.48. The number of thioether (sulfide) groups is 1. The highest BCUT2D eigenvalue weighted by Gasteiger charge is 2.32. The number of hydrogen-bond acceptors (Lipinski definition) is 7. The van der Waals surface area contributed by atoms with Gasteiger partial charge in [0.15, 0.2) is 5.75 Å². The number of amides is 1. The Hall–Kier alpha value is -4.35. The number of rotatable bonds is 8. The zero-order valence-corrected chi connectivity index (χ0v) is 22.2. The number of thiocarbonyl (C=S) groups is 1. The van der Waals surface area contributed by atoms with E-state index < -0.39 is 4.92 Å². The topological polar surface area (TPSA) is 90.5 Å². The van der Waals surface area contributed by atoms with Gasteiger partial charge in [-0.3, -0.25) is 19.8 Å². The summed E-state index contributed by atoms with van der Waals surface area (Å²) in [4.78, 5) is 26.4. The van der Waals surface area contributed by atoms with Crippen LogP contribution in [0.2, 0.25) is 0 Å². The number of carbonyl (C=O) groups is 1. The molecule has 0 saturated carbocycles. The van der Waals surface area contributed by atoms with Gasteiger partial charge in [0.1, 0.15) is 15.8 Å². The van der Waals surface area contributed by atoms with Crippen LogP contribution < -0.4 is 4.74 Å². The lowest BCUT2D eigenvalue weighted by molar-refractivity contribution is -0.385. The lowest BCUT2D eigenvalue weighted by Crippen LogP contribution is -2.27. The molecule has 0 atom stereocenters. The summed E-state index contributed by atoms with van der Waals surface area (Å²) in [6.45, 7) is 2.25. The van der Waals surface area contributed by atoms with Crippen LogP contribution in [0, 0.1) is 15.9 Å². The van der Waals surface area contributed by atoms with E-state index in [2.05, 4.69) is 0 Å². The minimum atomic E-state index is -0.497. The summed E-state index contributed by atoms with van der Waals surface area (Å²) in [6, 6.07) is 19.9. The van der Waals surface area contributed by atoms with E-state index in [1.807, 2.05) is 30.3 Å². The van der Waals surface area contributed by atoms with Crippen LogP contribution in [0.4, 0.5) is 10.1 Å². The van der Waals surface area contributed by atoms with E-state index in [-0.39, 0.29) is 36.3 Å². The quantitative estimate of drug-likeness (QED) is 0.107. The molecule has 1 aliphatic rings. The minimum absolute atomic E-state index is 0.164. The Morgan fingerprint density at radius 2 is 1.87 bits per heavy atom. The lowest BCUT2D eigenvalue weighted by atomic mass is 10.1. The van der Waals surface area contributed by atoms with Crippen LogP contribution in [0.15, 0.2) is 83.9 Å². The zero-order valence-electron chi connectivity index (χ0n) is 20.6. The van der Waals surface area contributed by atoms with Gasteiger partial charge in [-0.2, -0.15) is 5.10 Å². The third-order valence-corrected chi connectivity index (χ3v) is 7.28. The van der Waals surface area contributed by atoms with E-state index in [0.29, 0.717) is 26.0 Å². The summed E-state index contributed by atoms with van der Waals surface area (Å²) in [5.74, 6) is -0.483. The average Bonchev–Trinajstić information content (AvgIpc) is 3.47. The van der Waals surface area contributed by atoms with Crippen LogP contribution in [0.25, 0.3) is 23.0 Å². The number of aromatic nitrogens is 2. The average molecular weight is 561 g/mol. The molecule has 1 fully saturated rings. The molecule has 1 aromatic heterocycles. The molecule has 2 heterocycles. The van der Waals surface area contributed by atoms with Gasteiger partial charge in [0, 0.05) is 23.4 Å². The number of hydrogen-bond donors (Lipinski definition) is 0. The fourth-order valence-electron chi connectivity index (χ4n) is 4.07. The number of para-hydroxylation sites is 1. The van der Waals surface area contributed by atoms with Crippen molar-refractivity contribution in [1.29, 1.82) is 0 Å². The molecule has 4 aromatic rings. The minimum Gasteiger partial charge on any atom is -0.487 e. The maximum absolute atomic E-state index is 13.3. The summed E-state index contributed by atoms with van der Waals surface area (Å²) in [7, 11) is 0. The van der Waals surface area contributed by atoms with Crippen molar-refractivity contribution in [3.63, 3.8) is 0 Å². The van der Waals surface area contributed by atoms with E-state index in [1.165, 1.54) is 23.1 Å². The highest BCUT2D eigenvalue weighted by molar-refractivity contribution is 8.26. The summed E-state index contributed by atoms with van der Waals surface area (Å²) in [6.07, 6.45) is 3.45. The molecule has 11 heteroatoms. The third-order valence-electron chi connectivity index (χ3n) is 5.91. The number of carbonyl (C=O) groups excluding carboxylic acids is 1. The lowest BCUT2D eigenvalue weighted by Gasteiger charge is -2.14. The highest BCUT2D eigenvalue weighted by Crippen LogP contribution is 2.37. The Labute approximate surface area is 232 Å². The van der Waals surface area contributed by atoms with Crippen molar-refractivity contribution in [2.24, 2.45) is 0 Å². The Morgan fingerprint density at radius 3 is 2.56 bits per heavy atom. The molecule has 196 valence electrons. The van der Waals surface area contributed by atoms with Crippen LogP contribution in [0.3, 0.4) is 0 Å². The molecule has 0 aliphatic carbocycles. The molecule has 8 nitrogen and oxygen atoms in total. The predicted octanol–water partition coefficient (Wildman–Crippen LogP) is 6.39. The smallest absolute Gasteiger partial charge is 0.311 e. The SMILES string of the molecule is CCOc1ccc(-c2nn(-c3ccccc3)cc2C=C2SC(=S)N(Cc3ccc(F)cc3)C2=O)cc1[N+](=O)[O-]. The van der Waals surface area contributed by atoms with Gasteiger partial charge in [-0.05, 0) is 55.0 Å². The van der Waals surface area contributed by atoms with E-state index in [4.69, 9.17) is 22.1 Å². The van der Waals surface area contributed by atoms with Gasteiger partial charge < -0.3 is 4.74 Å². The monoisotopic (exact) mass is 560 g/mol. The number of nitro benzene ring substituents is 1. The molecular weight excluding hydrogens is 539 g/mol. The summed E-state index contributed by atoms with van der Waals surface area (Å²) >= 11 is 6.63. The van der Waals surface area contributed by atoms with Crippen molar-refractivity contribution in [2.45, 2.75) is 13.5 Å². The first kappa shape index (κ1) is 26.3. The molecule has 1 saturated heterocycles. The van der Waals surface area contributed by atoms with Crippen molar-refractivity contribution >= 4 is 46.0 Å². The fourth-order valence-corrected chi connectivity index (χ4v) is 5.31. The Bertz CT molecular complexity index is 1600.